The Morgan fingerprint density at radius 3 is 2.15 bits per heavy atom. The molecule has 2 bridgehead atoms. The van der Waals surface area contributed by atoms with Crippen molar-refractivity contribution in [3.8, 4) is 0 Å². The largest absolute Gasteiger partial charge is 0.349 e. The lowest BCUT2D eigenvalue weighted by Gasteiger charge is -2.36. The fourth-order valence-corrected chi connectivity index (χ4v) is 4.41. The van der Waals surface area contributed by atoms with Crippen LogP contribution < -0.4 is 5.32 Å². The van der Waals surface area contributed by atoms with Crippen LogP contribution in [0.2, 0.25) is 0 Å². The number of hydrogen-bond acceptors (Lipinski definition) is 2. The molecule has 2 saturated heterocycles. The molecule has 0 saturated carbocycles. The minimum absolute atomic E-state index is 0.0361. The van der Waals surface area contributed by atoms with Crippen molar-refractivity contribution in [1.82, 2.24) is 10.2 Å². The van der Waals surface area contributed by atoms with Crippen molar-refractivity contribution in [1.29, 1.82) is 0 Å². The van der Waals surface area contributed by atoms with Crippen molar-refractivity contribution in [3.63, 3.8) is 0 Å². The first-order valence-corrected chi connectivity index (χ1v) is 9.55. The van der Waals surface area contributed by atoms with Gasteiger partial charge in [-0.15, -0.1) is 0 Å². The molecule has 1 amide bonds. The Hall–Kier alpha value is -2.39. The van der Waals surface area contributed by atoms with Gasteiger partial charge in [-0.1, -0.05) is 60.7 Å². The first kappa shape index (κ1) is 17.0. The minimum Gasteiger partial charge on any atom is -0.349 e. The molecule has 3 heteroatoms. The van der Waals surface area contributed by atoms with Gasteiger partial charge in [0.05, 0.1) is 0 Å². The van der Waals surface area contributed by atoms with Gasteiger partial charge in [0, 0.05) is 23.7 Å². The Labute approximate surface area is 155 Å². The summed E-state index contributed by atoms with van der Waals surface area (Å²) < 4.78 is 0. The summed E-state index contributed by atoms with van der Waals surface area (Å²) >= 11 is 0. The van der Waals surface area contributed by atoms with E-state index >= 15 is 0 Å². The molecule has 2 atom stereocenters. The SMILES string of the molecule is CN1C2CCC1CC(NC(=O)C(=Cc1ccccc1)c1ccccc1)C2. The van der Waals surface area contributed by atoms with Gasteiger partial charge in [0.2, 0.25) is 0 Å². The van der Waals surface area contributed by atoms with Crippen molar-refractivity contribution in [3.05, 3.63) is 71.8 Å². The molecule has 2 unspecified atom stereocenters. The van der Waals surface area contributed by atoms with E-state index in [2.05, 4.69) is 17.3 Å². The Morgan fingerprint density at radius 2 is 1.54 bits per heavy atom. The van der Waals surface area contributed by atoms with Crippen LogP contribution in [0, 0.1) is 0 Å². The molecule has 0 aromatic heterocycles. The van der Waals surface area contributed by atoms with Crippen molar-refractivity contribution >= 4 is 17.6 Å². The Bertz CT molecular complexity index is 770. The van der Waals surface area contributed by atoms with Crippen molar-refractivity contribution in [2.45, 2.75) is 43.8 Å². The number of fused-ring (bicyclic) bond motifs is 2. The highest BCUT2D eigenvalue weighted by atomic mass is 16.1. The van der Waals surface area contributed by atoms with Gasteiger partial charge in [0.1, 0.15) is 0 Å². The van der Waals surface area contributed by atoms with Gasteiger partial charge in [-0.05, 0) is 49.9 Å². The molecule has 0 aliphatic carbocycles. The predicted molar refractivity (Wildman–Crippen MR) is 106 cm³/mol. The van der Waals surface area contributed by atoms with Crippen LogP contribution in [0.3, 0.4) is 0 Å². The molecular weight excluding hydrogens is 320 g/mol. The maximum Gasteiger partial charge on any atom is 0.252 e. The third kappa shape index (κ3) is 3.58. The number of rotatable bonds is 4. The fraction of sp³-hybridized carbons (Fsp3) is 0.348. The highest BCUT2D eigenvalue weighted by Crippen LogP contribution is 2.34. The van der Waals surface area contributed by atoms with Crippen LogP contribution in [-0.4, -0.2) is 36.0 Å². The molecule has 2 aliphatic heterocycles. The standard InChI is InChI=1S/C23H26N2O/c1-25-20-12-13-21(25)16-19(15-20)24-23(26)22(18-10-6-3-7-11-18)14-17-8-4-2-5-9-17/h2-11,14,19-21H,12-13,15-16H2,1H3,(H,24,26). The van der Waals surface area contributed by atoms with Crippen molar-refractivity contribution in [2.75, 3.05) is 7.05 Å². The van der Waals surface area contributed by atoms with Crippen LogP contribution in [0.1, 0.15) is 36.8 Å². The average molecular weight is 346 g/mol. The number of nitrogens with zero attached hydrogens (tertiary/aromatic N) is 1. The summed E-state index contributed by atoms with van der Waals surface area (Å²) in [6, 6.07) is 21.5. The van der Waals surface area contributed by atoms with E-state index in [-0.39, 0.29) is 11.9 Å². The quantitative estimate of drug-likeness (QED) is 0.671. The smallest absolute Gasteiger partial charge is 0.252 e. The van der Waals surface area contributed by atoms with Gasteiger partial charge in [-0.25, -0.2) is 0 Å². The molecule has 3 nitrogen and oxygen atoms in total. The van der Waals surface area contributed by atoms with E-state index in [1.807, 2.05) is 66.7 Å². The van der Waals surface area contributed by atoms with Crippen LogP contribution in [-0.2, 0) is 4.79 Å². The molecule has 134 valence electrons. The first-order chi connectivity index (χ1) is 12.7. The van der Waals surface area contributed by atoms with Crippen LogP contribution in [0.25, 0.3) is 11.6 Å². The third-order valence-corrected chi connectivity index (χ3v) is 5.87. The van der Waals surface area contributed by atoms with Gasteiger partial charge in [0.25, 0.3) is 5.91 Å². The van der Waals surface area contributed by atoms with Gasteiger partial charge in [-0.3, -0.25) is 4.79 Å². The Balaban J connectivity index is 1.56. The zero-order chi connectivity index (χ0) is 17.9. The normalized spacial score (nSPS) is 25.9. The number of piperidine rings is 1. The fourth-order valence-electron chi connectivity index (χ4n) is 4.41. The predicted octanol–water partition coefficient (Wildman–Crippen LogP) is 3.97. The lowest BCUT2D eigenvalue weighted by atomic mass is 9.96. The van der Waals surface area contributed by atoms with Crippen LogP contribution in [0.5, 0.6) is 0 Å². The van der Waals surface area contributed by atoms with Gasteiger partial charge in [0.15, 0.2) is 0 Å². The second-order valence-electron chi connectivity index (χ2n) is 7.53. The number of carbonyl (C=O) groups excluding carboxylic acids is 1. The molecular formula is C23H26N2O. The highest BCUT2D eigenvalue weighted by molar-refractivity contribution is 6.24. The van der Waals surface area contributed by atoms with Crippen LogP contribution in [0.15, 0.2) is 60.7 Å². The van der Waals surface area contributed by atoms with E-state index in [1.54, 1.807) is 0 Å². The molecule has 0 radical (unpaired) electrons. The Kier molecular flexibility index (Phi) is 4.89. The average Bonchev–Trinajstić information content (AvgIpc) is 2.88. The molecule has 2 aliphatic rings. The topological polar surface area (TPSA) is 32.3 Å². The monoisotopic (exact) mass is 346 g/mol. The van der Waals surface area contributed by atoms with E-state index in [9.17, 15) is 4.79 Å². The number of amides is 1. The summed E-state index contributed by atoms with van der Waals surface area (Å²) in [5, 5.41) is 3.33. The third-order valence-electron chi connectivity index (χ3n) is 5.87. The molecule has 2 aromatic carbocycles. The zero-order valence-electron chi connectivity index (χ0n) is 15.3. The maximum atomic E-state index is 13.1. The maximum absolute atomic E-state index is 13.1. The number of benzene rings is 2. The number of nitrogens with one attached hydrogen (secondary N) is 1. The summed E-state index contributed by atoms with van der Waals surface area (Å²) in [5.74, 6) is 0.0361. The summed E-state index contributed by atoms with van der Waals surface area (Å²) in [6.45, 7) is 0. The van der Waals surface area contributed by atoms with E-state index in [0.29, 0.717) is 12.1 Å². The molecule has 1 N–H and O–H groups in total. The summed E-state index contributed by atoms with van der Waals surface area (Å²) in [5.41, 5.74) is 2.75. The second kappa shape index (κ2) is 7.46. The lowest BCUT2D eigenvalue weighted by Crippen LogP contribution is -2.48. The van der Waals surface area contributed by atoms with Crippen molar-refractivity contribution in [2.24, 2.45) is 0 Å². The van der Waals surface area contributed by atoms with Crippen molar-refractivity contribution < 1.29 is 4.79 Å². The van der Waals surface area contributed by atoms with E-state index in [4.69, 9.17) is 0 Å². The van der Waals surface area contributed by atoms with E-state index in [0.717, 1.165) is 29.5 Å². The molecule has 2 heterocycles. The summed E-state index contributed by atoms with van der Waals surface area (Å²) in [6.07, 6.45) is 6.64. The summed E-state index contributed by atoms with van der Waals surface area (Å²) in [7, 11) is 2.23. The van der Waals surface area contributed by atoms with Gasteiger partial charge < -0.3 is 10.2 Å². The van der Waals surface area contributed by atoms with Gasteiger partial charge >= 0.3 is 0 Å². The second-order valence-corrected chi connectivity index (χ2v) is 7.53. The summed E-state index contributed by atoms with van der Waals surface area (Å²) in [4.78, 5) is 15.6. The lowest BCUT2D eigenvalue weighted by molar-refractivity contribution is -0.116. The Morgan fingerprint density at radius 1 is 0.962 bits per heavy atom. The molecule has 4 rings (SSSR count). The van der Waals surface area contributed by atoms with E-state index < -0.39 is 0 Å². The number of hydrogen-bond donors (Lipinski definition) is 1. The van der Waals surface area contributed by atoms with E-state index in [1.165, 1.54) is 12.8 Å². The van der Waals surface area contributed by atoms with Crippen LogP contribution >= 0.6 is 0 Å². The van der Waals surface area contributed by atoms with Gasteiger partial charge in [-0.2, -0.15) is 0 Å². The van der Waals surface area contributed by atoms with Crippen LogP contribution in [0.4, 0.5) is 0 Å². The molecule has 2 aromatic rings. The first-order valence-electron chi connectivity index (χ1n) is 9.55. The molecule has 2 fully saturated rings. The zero-order valence-corrected chi connectivity index (χ0v) is 15.3. The highest BCUT2D eigenvalue weighted by Gasteiger charge is 2.38. The minimum atomic E-state index is 0.0361. The molecule has 26 heavy (non-hydrogen) atoms. The molecule has 0 spiro atoms. The number of carbonyl (C=O) groups is 1.